The molecule has 0 spiro atoms. The number of nitrogens with zero attached hydrogens (tertiary/aromatic N) is 2. The number of benzene rings is 1. The summed E-state index contributed by atoms with van der Waals surface area (Å²) < 4.78 is 39.2. The number of aromatic nitrogens is 2. The summed E-state index contributed by atoms with van der Waals surface area (Å²) in [6, 6.07) is 5.46. The van der Waals surface area contributed by atoms with Gasteiger partial charge in [-0.05, 0) is 36.8 Å². The van der Waals surface area contributed by atoms with Crippen LogP contribution in [0.4, 0.5) is 18.3 Å². The predicted octanol–water partition coefficient (Wildman–Crippen LogP) is 4.18. The molecule has 1 aromatic carbocycles. The number of carbonyl (C=O) groups excluding carboxylic acids is 1. The summed E-state index contributed by atoms with van der Waals surface area (Å²) in [7, 11) is 0. The van der Waals surface area contributed by atoms with E-state index < -0.39 is 23.6 Å². The summed E-state index contributed by atoms with van der Waals surface area (Å²) in [5, 5.41) is 12.0. The Bertz CT molecular complexity index is 785. The molecule has 1 heterocycles. The molecular formula is C16H14F3N3OS. The van der Waals surface area contributed by atoms with Gasteiger partial charge in [0.15, 0.2) is 0 Å². The van der Waals surface area contributed by atoms with E-state index in [1.807, 2.05) is 0 Å². The molecule has 24 heavy (non-hydrogen) atoms. The fourth-order valence-electron chi connectivity index (χ4n) is 2.89. The Kier molecular flexibility index (Phi) is 3.59. The molecule has 0 unspecified atom stereocenters. The molecule has 2 aliphatic rings. The van der Waals surface area contributed by atoms with Crippen molar-refractivity contribution in [3.05, 3.63) is 40.4 Å². The highest BCUT2D eigenvalue weighted by Gasteiger charge is 2.48. The van der Waals surface area contributed by atoms with Gasteiger partial charge in [0, 0.05) is 11.8 Å². The smallest absolute Gasteiger partial charge is 0.300 e. The highest BCUT2D eigenvalue weighted by atomic mass is 32.1. The molecule has 2 atom stereocenters. The number of hydrogen-bond acceptors (Lipinski definition) is 4. The van der Waals surface area contributed by atoms with E-state index in [1.54, 1.807) is 6.07 Å². The lowest BCUT2D eigenvalue weighted by atomic mass is 10.0. The van der Waals surface area contributed by atoms with Crippen LogP contribution < -0.4 is 5.32 Å². The fourth-order valence-corrected chi connectivity index (χ4v) is 3.80. The van der Waals surface area contributed by atoms with Gasteiger partial charge in [-0.1, -0.05) is 29.5 Å². The monoisotopic (exact) mass is 353 g/mol. The van der Waals surface area contributed by atoms with E-state index in [2.05, 4.69) is 15.5 Å². The summed E-state index contributed by atoms with van der Waals surface area (Å²) in [5.74, 6) is -0.656. The number of amides is 1. The van der Waals surface area contributed by atoms with Gasteiger partial charge >= 0.3 is 6.18 Å². The van der Waals surface area contributed by atoms with Crippen molar-refractivity contribution in [1.29, 1.82) is 0 Å². The van der Waals surface area contributed by atoms with Crippen LogP contribution in [0.3, 0.4) is 0 Å². The zero-order valence-corrected chi connectivity index (χ0v) is 13.3. The lowest BCUT2D eigenvalue weighted by Gasteiger charge is -2.12. The first kappa shape index (κ1) is 15.6. The minimum Gasteiger partial charge on any atom is -0.300 e. The van der Waals surface area contributed by atoms with Gasteiger partial charge in [0.25, 0.3) is 0 Å². The van der Waals surface area contributed by atoms with Crippen molar-refractivity contribution in [2.45, 2.75) is 37.3 Å². The normalized spacial score (nSPS) is 23.1. The molecule has 2 aromatic rings. The second-order valence-electron chi connectivity index (χ2n) is 6.24. The summed E-state index contributed by atoms with van der Waals surface area (Å²) in [5.41, 5.74) is -0.460. The third-order valence-corrected chi connectivity index (χ3v) is 5.39. The Morgan fingerprint density at radius 1 is 1.21 bits per heavy atom. The molecule has 1 amide bonds. The van der Waals surface area contributed by atoms with Crippen LogP contribution in [-0.2, 0) is 11.0 Å². The second kappa shape index (κ2) is 5.54. The number of anilines is 1. The van der Waals surface area contributed by atoms with E-state index in [-0.39, 0.29) is 11.5 Å². The second-order valence-corrected chi connectivity index (χ2v) is 7.25. The minimum absolute atomic E-state index is 0.195. The zero-order chi connectivity index (χ0) is 16.9. The standard InChI is InChI=1S/C16H14F3N3OS/c17-16(18,19)12-4-2-1-3-9(12)10-7-11(10)13(23)20-15-22-21-14(24-15)8-5-6-8/h1-4,8,10-11H,5-7H2,(H,20,22,23)/t10-,11+/m0/s1. The Morgan fingerprint density at radius 3 is 2.67 bits per heavy atom. The molecule has 4 nitrogen and oxygen atoms in total. The van der Waals surface area contributed by atoms with Crippen LogP contribution in [-0.4, -0.2) is 16.1 Å². The Balaban J connectivity index is 1.45. The lowest BCUT2D eigenvalue weighted by Crippen LogP contribution is -2.15. The molecule has 0 aliphatic heterocycles. The van der Waals surface area contributed by atoms with Crippen molar-refractivity contribution in [2.24, 2.45) is 5.92 Å². The summed E-state index contributed by atoms with van der Waals surface area (Å²) in [4.78, 5) is 12.3. The van der Waals surface area contributed by atoms with Gasteiger partial charge in [0.1, 0.15) is 5.01 Å². The Labute approximate surface area is 140 Å². The number of carbonyl (C=O) groups is 1. The maximum absolute atomic E-state index is 13.1. The first-order valence-corrected chi connectivity index (χ1v) is 8.55. The molecule has 1 N–H and O–H groups in total. The molecule has 2 aliphatic carbocycles. The van der Waals surface area contributed by atoms with E-state index in [0.29, 0.717) is 17.5 Å². The molecule has 4 rings (SSSR count). The van der Waals surface area contributed by atoms with Crippen LogP contribution in [0.15, 0.2) is 24.3 Å². The van der Waals surface area contributed by atoms with Crippen LogP contribution in [0.1, 0.15) is 47.2 Å². The van der Waals surface area contributed by atoms with Gasteiger partial charge in [0.05, 0.1) is 5.56 Å². The van der Waals surface area contributed by atoms with Crippen molar-refractivity contribution < 1.29 is 18.0 Å². The number of alkyl halides is 3. The van der Waals surface area contributed by atoms with Crippen LogP contribution in [0.5, 0.6) is 0 Å². The molecule has 126 valence electrons. The molecule has 0 saturated heterocycles. The van der Waals surface area contributed by atoms with E-state index in [9.17, 15) is 18.0 Å². The van der Waals surface area contributed by atoms with Gasteiger partial charge < -0.3 is 5.32 Å². The average Bonchev–Trinajstić information content (AvgIpc) is 3.45. The van der Waals surface area contributed by atoms with Crippen molar-refractivity contribution >= 4 is 22.4 Å². The van der Waals surface area contributed by atoms with E-state index in [0.717, 1.165) is 23.9 Å². The molecule has 0 bridgehead atoms. The van der Waals surface area contributed by atoms with E-state index >= 15 is 0 Å². The quantitative estimate of drug-likeness (QED) is 0.897. The largest absolute Gasteiger partial charge is 0.416 e. The van der Waals surface area contributed by atoms with Crippen LogP contribution in [0.25, 0.3) is 0 Å². The first-order valence-electron chi connectivity index (χ1n) is 7.74. The molecule has 2 fully saturated rings. The Hall–Kier alpha value is -1.96. The Morgan fingerprint density at radius 2 is 1.96 bits per heavy atom. The highest BCUT2D eigenvalue weighted by molar-refractivity contribution is 7.15. The van der Waals surface area contributed by atoms with Gasteiger partial charge in [0.2, 0.25) is 11.0 Å². The van der Waals surface area contributed by atoms with Gasteiger partial charge in [-0.3, -0.25) is 4.79 Å². The van der Waals surface area contributed by atoms with Crippen molar-refractivity contribution in [3.8, 4) is 0 Å². The number of halogens is 3. The number of nitrogens with one attached hydrogen (secondary N) is 1. The molecular weight excluding hydrogens is 339 g/mol. The topological polar surface area (TPSA) is 54.9 Å². The molecule has 2 saturated carbocycles. The fraction of sp³-hybridized carbons (Fsp3) is 0.438. The van der Waals surface area contributed by atoms with Crippen molar-refractivity contribution in [2.75, 3.05) is 5.32 Å². The van der Waals surface area contributed by atoms with Gasteiger partial charge in [-0.25, -0.2) is 0 Å². The summed E-state index contributed by atoms with van der Waals surface area (Å²) >= 11 is 1.35. The average molecular weight is 353 g/mol. The maximum atomic E-state index is 13.1. The number of hydrogen-bond donors (Lipinski definition) is 1. The predicted molar refractivity (Wildman–Crippen MR) is 82.8 cm³/mol. The van der Waals surface area contributed by atoms with Gasteiger partial charge in [-0.15, -0.1) is 10.2 Å². The summed E-state index contributed by atoms with van der Waals surface area (Å²) in [6.45, 7) is 0. The lowest BCUT2D eigenvalue weighted by molar-refractivity contribution is -0.138. The SMILES string of the molecule is O=C(Nc1nnc(C2CC2)s1)[C@@H]1C[C@H]1c1ccccc1C(F)(F)F. The zero-order valence-electron chi connectivity index (χ0n) is 12.5. The van der Waals surface area contributed by atoms with Crippen LogP contribution >= 0.6 is 11.3 Å². The van der Waals surface area contributed by atoms with E-state index in [1.165, 1.54) is 23.5 Å². The highest BCUT2D eigenvalue weighted by Crippen LogP contribution is 2.51. The third-order valence-electron chi connectivity index (χ3n) is 4.39. The maximum Gasteiger partial charge on any atom is 0.416 e. The van der Waals surface area contributed by atoms with Crippen molar-refractivity contribution in [3.63, 3.8) is 0 Å². The van der Waals surface area contributed by atoms with Crippen LogP contribution in [0, 0.1) is 5.92 Å². The molecule has 8 heteroatoms. The number of rotatable bonds is 4. The van der Waals surface area contributed by atoms with E-state index in [4.69, 9.17) is 0 Å². The van der Waals surface area contributed by atoms with Crippen molar-refractivity contribution in [1.82, 2.24) is 10.2 Å². The van der Waals surface area contributed by atoms with Crippen LogP contribution in [0.2, 0.25) is 0 Å². The van der Waals surface area contributed by atoms with Gasteiger partial charge in [-0.2, -0.15) is 13.2 Å². The summed E-state index contributed by atoms with van der Waals surface area (Å²) in [6.07, 6.45) is -1.78. The molecule has 1 aromatic heterocycles. The molecule has 0 radical (unpaired) electrons. The first-order chi connectivity index (χ1) is 11.4. The third kappa shape index (κ3) is 3.02. The minimum atomic E-state index is -4.40.